The number of allylic oxidation sites excluding steroid dienone is 5. The van der Waals surface area contributed by atoms with E-state index < -0.39 is 0 Å². The van der Waals surface area contributed by atoms with Gasteiger partial charge in [-0.3, -0.25) is 0 Å². The zero-order chi connectivity index (χ0) is 7.94. The van der Waals surface area contributed by atoms with E-state index in [9.17, 15) is 0 Å². The van der Waals surface area contributed by atoms with E-state index in [4.69, 9.17) is 0 Å². The Morgan fingerprint density at radius 3 is 2.14 bits per heavy atom. The van der Waals surface area contributed by atoms with Gasteiger partial charge in [-0.05, 0) is 0 Å². The second-order valence-corrected chi connectivity index (χ2v) is 2.01. The maximum atomic E-state index is 3.62. The van der Waals surface area contributed by atoms with Crippen LogP contribution in [0.25, 0.3) is 0 Å². The summed E-state index contributed by atoms with van der Waals surface area (Å²) in [7, 11) is 0. The van der Waals surface area contributed by atoms with Crippen molar-refractivity contribution >= 4 is 0 Å². The molecule has 4 heteroatoms. The number of nitrogens with one attached hydrogen (secondary N) is 1. The van der Waals surface area contributed by atoms with Gasteiger partial charge in [0.1, 0.15) is 0 Å². The van der Waals surface area contributed by atoms with Crippen LogP contribution in [0.1, 0.15) is 0 Å². The van der Waals surface area contributed by atoms with E-state index in [0.29, 0.717) is 0 Å². The molecule has 0 unspecified atom stereocenters. The Morgan fingerprint density at radius 1 is 1.29 bits per heavy atom. The first kappa shape index (κ1) is 19.4. The van der Waals surface area contributed by atoms with Crippen molar-refractivity contribution in [1.29, 1.82) is 0 Å². The van der Waals surface area contributed by atoms with Crippen LogP contribution in [0.5, 0.6) is 0 Å². The minimum atomic E-state index is 0. The van der Waals surface area contributed by atoms with Crippen molar-refractivity contribution in [3.8, 4) is 0 Å². The summed E-state index contributed by atoms with van der Waals surface area (Å²) in [6.45, 7) is 3.62. The molecule has 0 radical (unpaired) electrons. The fourth-order valence-electron chi connectivity index (χ4n) is 0.608. The van der Waals surface area contributed by atoms with Crippen molar-refractivity contribution < 1.29 is 46.5 Å². The third kappa shape index (κ3) is 9.88. The molecule has 1 N–H and O–H groups in total. The van der Waals surface area contributed by atoms with Gasteiger partial charge in [0.25, 0.3) is 0 Å². The first-order valence-corrected chi connectivity index (χ1v) is 3.34. The molecule has 0 amide bonds. The summed E-state index contributed by atoms with van der Waals surface area (Å²) in [5.41, 5.74) is 0.968. The molecule has 1 nitrogen and oxygen atoms in total. The fourth-order valence-corrected chi connectivity index (χ4v) is 0.608. The van der Waals surface area contributed by atoms with Crippen LogP contribution in [0.15, 0.2) is 48.7 Å². The molecule has 1 heterocycles. The molecule has 1 aromatic heterocycles. The van der Waals surface area contributed by atoms with E-state index in [1.807, 2.05) is 36.6 Å². The molecular formula is C10H9Cl2NTi. The monoisotopic (exact) mass is 261 g/mol. The summed E-state index contributed by atoms with van der Waals surface area (Å²) in [5.74, 6) is 0. The molecule has 1 aliphatic carbocycles. The molecular weight excluding hydrogens is 253 g/mol. The summed E-state index contributed by atoms with van der Waals surface area (Å²) in [6.07, 6.45) is 13.1. The van der Waals surface area contributed by atoms with Gasteiger partial charge in [-0.1, -0.05) is 0 Å². The van der Waals surface area contributed by atoms with E-state index in [-0.39, 0.29) is 46.5 Å². The van der Waals surface area contributed by atoms with Gasteiger partial charge >= 0.3 is 21.7 Å². The van der Waals surface area contributed by atoms with Crippen LogP contribution < -0.4 is 24.8 Å². The predicted octanol–water partition coefficient (Wildman–Crippen LogP) is -3.71. The Morgan fingerprint density at radius 2 is 2.00 bits per heavy atom. The van der Waals surface area contributed by atoms with E-state index in [1.54, 1.807) is 0 Å². The predicted molar refractivity (Wildman–Crippen MR) is 45.7 cm³/mol. The number of halogens is 2. The van der Waals surface area contributed by atoms with Crippen molar-refractivity contribution in [2.24, 2.45) is 0 Å². The summed E-state index contributed by atoms with van der Waals surface area (Å²) in [6, 6.07) is 3.71. The van der Waals surface area contributed by atoms with Crippen LogP contribution in [-0.4, -0.2) is 4.98 Å². The molecule has 0 bridgehead atoms. The smallest absolute Gasteiger partial charge is 1.00 e. The molecule has 0 fully saturated rings. The average molecular weight is 262 g/mol. The summed E-state index contributed by atoms with van der Waals surface area (Å²) >= 11 is 0. The second kappa shape index (κ2) is 12.8. The molecule has 2 rings (SSSR count). The van der Waals surface area contributed by atoms with Gasteiger partial charge in [0.15, 0.2) is 0 Å². The molecule has 0 aromatic carbocycles. The fraction of sp³-hybridized carbons (Fsp3) is 0. The minimum Gasteiger partial charge on any atom is -1.00 e. The molecule has 1 aliphatic rings. The van der Waals surface area contributed by atoms with Gasteiger partial charge in [-0.2, -0.15) is 48.7 Å². The SMILES string of the molecule is C=C1[C-]=CC=C1.[Cl-].[Cl-].[Ti+4].[c-]1ccc[nH]1. The van der Waals surface area contributed by atoms with Crippen molar-refractivity contribution in [1.82, 2.24) is 4.98 Å². The van der Waals surface area contributed by atoms with Crippen LogP contribution in [0.2, 0.25) is 0 Å². The maximum absolute atomic E-state index is 3.62. The number of hydrogen-bond acceptors (Lipinski definition) is 0. The van der Waals surface area contributed by atoms with Crippen LogP contribution in [-0.2, 0) is 21.7 Å². The molecule has 0 spiro atoms. The molecule has 14 heavy (non-hydrogen) atoms. The Bertz CT molecular complexity index is 234. The number of aromatic nitrogens is 1. The Hall–Kier alpha value is -0.206. The largest absolute Gasteiger partial charge is 4.00 e. The molecule has 0 saturated carbocycles. The number of rotatable bonds is 0. The number of aromatic amines is 1. The van der Waals surface area contributed by atoms with Crippen molar-refractivity contribution in [3.05, 3.63) is 61.0 Å². The Labute approximate surface area is 112 Å². The van der Waals surface area contributed by atoms with Crippen LogP contribution in [0.3, 0.4) is 0 Å². The van der Waals surface area contributed by atoms with Gasteiger partial charge in [0.2, 0.25) is 0 Å². The Balaban J connectivity index is -0.000000144. The third-order valence-corrected chi connectivity index (χ3v) is 1.10. The van der Waals surface area contributed by atoms with Crippen molar-refractivity contribution in [2.75, 3.05) is 0 Å². The van der Waals surface area contributed by atoms with Crippen LogP contribution >= 0.6 is 0 Å². The zero-order valence-electron chi connectivity index (χ0n) is 7.43. The first-order chi connectivity index (χ1) is 5.39. The van der Waals surface area contributed by atoms with E-state index in [2.05, 4.69) is 23.8 Å². The van der Waals surface area contributed by atoms with Gasteiger partial charge in [-0.15, -0.1) is 12.3 Å². The van der Waals surface area contributed by atoms with Crippen molar-refractivity contribution in [2.45, 2.75) is 0 Å². The molecule has 0 saturated heterocycles. The molecule has 1 aromatic rings. The normalized spacial score (nSPS) is 10.1. The summed E-state index contributed by atoms with van der Waals surface area (Å²) in [5, 5.41) is 0. The quantitative estimate of drug-likeness (QED) is 0.366. The summed E-state index contributed by atoms with van der Waals surface area (Å²) in [4.78, 5) is 2.74. The maximum Gasteiger partial charge on any atom is 4.00 e. The van der Waals surface area contributed by atoms with Crippen molar-refractivity contribution in [3.63, 3.8) is 0 Å². The van der Waals surface area contributed by atoms with Gasteiger partial charge in [-0.25, -0.2) is 0 Å². The number of H-pyrrole nitrogens is 1. The zero-order valence-corrected chi connectivity index (χ0v) is 10.5. The standard InChI is InChI=1S/C6H5.C4H4N.2ClH.Ti/c1-6-4-2-3-5-6;1-2-4-5-3-1;;;/h2-4H,1H2;1-3,5H;2*1H;/q2*-1;;;+4/p-2. The van der Waals surface area contributed by atoms with Crippen LogP contribution in [0, 0.1) is 12.3 Å². The summed E-state index contributed by atoms with van der Waals surface area (Å²) < 4.78 is 0. The van der Waals surface area contributed by atoms with E-state index >= 15 is 0 Å². The first-order valence-electron chi connectivity index (χ1n) is 3.34. The van der Waals surface area contributed by atoms with Gasteiger partial charge < -0.3 is 29.8 Å². The van der Waals surface area contributed by atoms with E-state index in [0.717, 1.165) is 5.57 Å². The van der Waals surface area contributed by atoms with E-state index in [1.165, 1.54) is 0 Å². The van der Waals surface area contributed by atoms with Gasteiger partial charge in [0, 0.05) is 0 Å². The third-order valence-electron chi connectivity index (χ3n) is 1.10. The molecule has 0 atom stereocenters. The second-order valence-electron chi connectivity index (χ2n) is 2.01. The minimum absolute atomic E-state index is 0. The Kier molecular flexibility index (Phi) is 17.7. The topological polar surface area (TPSA) is 15.8 Å². The van der Waals surface area contributed by atoms with Crippen LogP contribution in [0.4, 0.5) is 0 Å². The molecule has 72 valence electrons. The average Bonchev–Trinajstić information content (AvgIpc) is 2.57. The van der Waals surface area contributed by atoms with Gasteiger partial charge in [0.05, 0.1) is 0 Å². The number of hydrogen-bond donors (Lipinski definition) is 1. The molecule has 0 aliphatic heterocycles.